The van der Waals surface area contributed by atoms with Crippen molar-refractivity contribution in [3.63, 3.8) is 0 Å². The van der Waals surface area contributed by atoms with E-state index in [1.807, 2.05) is 0 Å². The molecule has 1 aromatic rings. The molecule has 2 rings (SSSR count). The Hall–Kier alpha value is -1.23. The Kier molecular flexibility index (Phi) is 3.33. The van der Waals surface area contributed by atoms with E-state index in [9.17, 15) is 0 Å². The maximum Gasteiger partial charge on any atom is 0.0670 e. The van der Waals surface area contributed by atoms with Crippen LogP contribution >= 0.6 is 0 Å². The fourth-order valence-corrected chi connectivity index (χ4v) is 3.01. The van der Waals surface area contributed by atoms with Crippen LogP contribution in [0.15, 0.2) is 6.07 Å². The second kappa shape index (κ2) is 4.74. The third kappa shape index (κ3) is 2.00. The average molecular weight is 216 g/mol. The third-order valence-electron chi connectivity index (χ3n) is 3.80. The number of hydrogen-bond acceptors (Lipinski definition) is 1. The minimum absolute atomic E-state index is 0.548. The van der Waals surface area contributed by atoms with E-state index in [2.05, 4.69) is 30.6 Å². The highest BCUT2D eigenvalue weighted by atomic mass is 15.0. The molecule has 0 amide bonds. The molecule has 1 fully saturated rings. The van der Waals surface area contributed by atoms with Crippen LogP contribution in [0.5, 0.6) is 0 Å². The number of hydrogen-bond donors (Lipinski definition) is 0. The normalized spacial score (nSPS) is 17.3. The lowest BCUT2D eigenvalue weighted by Crippen LogP contribution is -2.15. The van der Waals surface area contributed by atoms with Gasteiger partial charge in [0, 0.05) is 17.4 Å². The molecular weight excluding hydrogens is 196 g/mol. The number of rotatable bonds is 2. The molecule has 1 aliphatic rings. The fraction of sp³-hybridized carbons (Fsp3) is 0.643. The van der Waals surface area contributed by atoms with Crippen molar-refractivity contribution in [1.82, 2.24) is 4.57 Å². The van der Waals surface area contributed by atoms with Gasteiger partial charge in [0.1, 0.15) is 0 Å². The second-order valence-electron chi connectivity index (χ2n) is 4.89. The van der Waals surface area contributed by atoms with E-state index < -0.39 is 0 Å². The van der Waals surface area contributed by atoms with Gasteiger partial charge in [-0.3, -0.25) is 0 Å². The monoisotopic (exact) mass is 216 g/mol. The summed E-state index contributed by atoms with van der Waals surface area (Å²) in [5.74, 6) is 0. The van der Waals surface area contributed by atoms with E-state index in [1.54, 1.807) is 0 Å². The maximum absolute atomic E-state index is 8.80. The lowest BCUT2D eigenvalue weighted by atomic mass is 9.95. The molecule has 0 radical (unpaired) electrons. The standard InChI is InChI=1S/C14H20N2/c1-11-10-13(8-9-15)12(2)16(11)14-6-4-3-5-7-14/h10,14H,3-8H2,1-2H3. The van der Waals surface area contributed by atoms with Gasteiger partial charge in [0.15, 0.2) is 0 Å². The molecule has 1 heterocycles. The van der Waals surface area contributed by atoms with E-state index in [1.165, 1.54) is 49.1 Å². The summed E-state index contributed by atoms with van der Waals surface area (Å²) in [6.45, 7) is 4.33. The summed E-state index contributed by atoms with van der Waals surface area (Å²) in [7, 11) is 0. The zero-order chi connectivity index (χ0) is 11.5. The summed E-state index contributed by atoms with van der Waals surface area (Å²) in [4.78, 5) is 0. The molecule has 2 nitrogen and oxygen atoms in total. The minimum Gasteiger partial charge on any atom is -0.346 e. The van der Waals surface area contributed by atoms with Crippen molar-refractivity contribution in [2.24, 2.45) is 0 Å². The molecule has 1 saturated carbocycles. The highest BCUT2D eigenvalue weighted by molar-refractivity contribution is 5.29. The first-order valence-corrected chi connectivity index (χ1v) is 6.28. The first-order chi connectivity index (χ1) is 7.74. The Morgan fingerprint density at radius 2 is 2.00 bits per heavy atom. The Labute approximate surface area is 97.9 Å². The molecule has 0 bridgehead atoms. The van der Waals surface area contributed by atoms with E-state index in [0.717, 1.165) is 0 Å². The van der Waals surface area contributed by atoms with E-state index in [-0.39, 0.29) is 0 Å². The summed E-state index contributed by atoms with van der Waals surface area (Å²) in [5.41, 5.74) is 3.85. The first kappa shape index (κ1) is 11.3. The molecule has 0 unspecified atom stereocenters. The van der Waals surface area contributed by atoms with Gasteiger partial charge in [0.25, 0.3) is 0 Å². The van der Waals surface area contributed by atoms with Crippen LogP contribution in [-0.4, -0.2) is 4.57 Å². The van der Waals surface area contributed by atoms with Crippen LogP contribution in [0.1, 0.15) is 55.1 Å². The Balaban J connectivity index is 2.29. The molecule has 1 aromatic heterocycles. The quantitative estimate of drug-likeness (QED) is 0.741. The van der Waals surface area contributed by atoms with Crippen LogP contribution in [0.2, 0.25) is 0 Å². The van der Waals surface area contributed by atoms with Crippen molar-refractivity contribution in [2.45, 2.75) is 58.4 Å². The van der Waals surface area contributed by atoms with Crippen molar-refractivity contribution >= 4 is 0 Å². The molecule has 16 heavy (non-hydrogen) atoms. The molecule has 0 spiro atoms. The summed E-state index contributed by atoms with van der Waals surface area (Å²) >= 11 is 0. The second-order valence-corrected chi connectivity index (χ2v) is 4.89. The summed E-state index contributed by atoms with van der Waals surface area (Å²) in [6, 6.07) is 5.12. The highest BCUT2D eigenvalue weighted by Crippen LogP contribution is 2.32. The van der Waals surface area contributed by atoms with Crippen molar-refractivity contribution in [1.29, 1.82) is 5.26 Å². The van der Waals surface area contributed by atoms with Gasteiger partial charge in [0.05, 0.1) is 12.5 Å². The van der Waals surface area contributed by atoms with E-state index >= 15 is 0 Å². The largest absolute Gasteiger partial charge is 0.346 e. The molecule has 0 aromatic carbocycles. The van der Waals surface area contributed by atoms with Gasteiger partial charge >= 0.3 is 0 Å². The number of aryl methyl sites for hydroxylation is 1. The lowest BCUT2D eigenvalue weighted by molar-refractivity contribution is 0.345. The van der Waals surface area contributed by atoms with Crippen molar-refractivity contribution in [3.05, 3.63) is 23.0 Å². The van der Waals surface area contributed by atoms with Gasteiger partial charge in [-0.25, -0.2) is 0 Å². The Bertz CT molecular complexity index is 403. The minimum atomic E-state index is 0.548. The Morgan fingerprint density at radius 1 is 1.31 bits per heavy atom. The molecule has 2 heteroatoms. The lowest BCUT2D eigenvalue weighted by Gasteiger charge is -2.26. The molecular formula is C14H20N2. The van der Waals surface area contributed by atoms with Gasteiger partial charge in [-0.1, -0.05) is 19.3 Å². The summed E-state index contributed by atoms with van der Waals surface area (Å²) in [5, 5.41) is 8.80. The van der Waals surface area contributed by atoms with Crippen LogP contribution in [0, 0.1) is 25.2 Å². The van der Waals surface area contributed by atoms with Crippen molar-refractivity contribution < 1.29 is 0 Å². The average Bonchev–Trinajstić information content (AvgIpc) is 2.56. The van der Waals surface area contributed by atoms with Crippen LogP contribution in [0.25, 0.3) is 0 Å². The zero-order valence-corrected chi connectivity index (χ0v) is 10.3. The SMILES string of the molecule is Cc1cc(CC#N)c(C)n1C1CCCCC1. The number of nitriles is 1. The summed E-state index contributed by atoms with van der Waals surface area (Å²) in [6.07, 6.45) is 7.27. The number of aromatic nitrogens is 1. The topological polar surface area (TPSA) is 28.7 Å². The van der Waals surface area contributed by atoms with E-state index in [4.69, 9.17) is 5.26 Å². The number of nitrogens with zero attached hydrogens (tertiary/aromatic N) is 2. The molecule has 0 atom stereocenters. The van der Waals surface area contributed by atoms with Crippen molar-refractivity contribution in [3.8, 4) is 6.07 Å². The summed E-state index contributed by atoms with van der Waals surface area (Å²) < 4.78 is 2.46. The van der Waals surface area contributed by atoms with Crippen molar-refractivity contribution in [2.75, 3.05) is 0 Å². The van der Waals surface area contributed by atoms with Gasteiger partial charge in [0.2, 0.25) is 0 Å². The fourth-order valence-electron chi connectivity index (χ4n) is 3.01. The van der Waals surface area contributed by atoms with Crippen LogP contribution in [0.3, 0.4) is 0 Å². The first-order valence-electron chi connectivity index (χ1n) is 6.28. The smallest absolute Gasteiger partial charge is 0.0670 e. The molecule has 1 aliphatic carbocycles. The van der Waals surface area contributed by atoms with E-state index in [0.29, 0.717) is 12.5 Å². The third-order valence-corrected chi connectivity index (χ3v) is 3.80. The van der Waals surface area contributed by atoms with Gasteiger partial charge < -0.3 is 4.57 Å². The van der Waals surface area contributed by atoms with Crippen LogP contribution < -0.4 is 0 Å². The van der Waals surface area contributed by atoms with Gasteiger partial charge in [-0.2, -0.15) is 5.26 Å². The van der Waals surface area contributed by atoms with Gasteiger partial charge in [-0.05, 0) is 38.3 Å². The predicted molar refractivity (Wildman–Crippen MR) is 65.3 cm³/mol. The molecule has 0 saturated heterocycles. The molecule has 86 valence electrons. The maximum atomic E-state index is 8.80. The van der Waals surface area contributed by atoms with Crippen LogP contribution in [0.4, 0.5) is 0 Å². The highest BCUT2D eigenvalue weighted by Gasteiger charge is 2.19. The van der Waals surface area contributed by atoms with Crippen LogP contribution in [-0.2, 0) is 6.42 Å². The molecule has 0 aliphatic heterocycles. The van der Waals surface area contributed by atoms with Gasteiger partial charge in [-0.15, -0.1) is 0 Å². The molecule has 0 N–H and O–H groups in total. The Morgan fingerprint density at radius 3 is 2.62 bits per heavy atom. The predicted octanol–water partition coefficient (Wildman–Crippen LogP) is 3.68. The zero-order valence-electron chi connectivity index (χ0n) is 10.3.